The van der Waals surface area contributed by atoms with Gasteiger partial charge in [0.15, 0.2) is 27.8 Å². The van der Waals surface area contributed by atoms with E-state index in [-0.39, 0.29) is 29.2 Å². The maximum absolute atomic E-state index is 13.9. The number of phenolic OH excluding ortho intramolecular Hbond substituents is 1. The number of fused-ring (bicyclic) bond motifs is 1. The Hall–Kier alpha value is -3.83. The van der Waals surface area contributed by atoms with Crippen molar-refractivity contribution in [3.05, 3.63) is 89.5 Å². The Morgan fingerprint density at radius 3 is 2.62 bits per heavy atom. The standard InChI is InChI=1S/C29H29BrN2O7S/c1-6-11-39-21-10-9-17(12-23(21)37-7-2)26-25(28(35)38-8-3)16(4)31-29-32(26)27(34)24(40-29)14-18-13-22(36-5)20(33)15-19(18)30/h6,9-10,12-15,26,33H,1,7-8,11H2,2-5H3/b24-14-. The lowest BCUT2D eigenvalue weighted by molar-refractivity contribution is -0.139. The average Bonchev–Trinajstić information content (AvgIpc) is 3.23. The maximum atomic E-state index is 13.9. The van der Waals surface area contributed by atoms with Gasteiger partial charge in [-0.3, -0.25) is 9.36 Å². The molecule has 9 nitrogen and oxygen atoms in total. The Morgan fingerprint density at radius 1 is 1.18 bits per heavy atom. The van der Waals surface area contributed by atoms with Crippen molar-refractivity contribution < 1.29 is 28.8 Å². The lowest BCUT2D eigenvalue weighted by Gasteiger charge is -2.25. The van der Waals surface area contributed by atoms with Gasteiger partial charge in [-0.1, -0.05) is 46.0 Å². The molecule has 1 atom stereocenters. The van der Waals surface area contributed by atoms with E-state index in [4.69, 9.17) is 18.9 Å². The fourth-order valence-corrected chi connectivity index (χ4v) is 5.80. The van der Waals surface area contributed by atoms with E-state index < -0.39 is 12.0 Å². The highest BCUT2D eigenvalue weighted by Gasteiger charge is 2.34. The Balaban J connectivity index is 1.96. The molecular weight excluding hydrogens is 600 g/mol. The first-order valence-corrected chi connectivity index (χ1v) is 14.1. The van der Waals surface area contributed by atoms with Gasteiger partial charge in [0.2, 0.25) is 0 Å². The number of thiazole rings is 1. The molecule has 1 N–H and O–H groups in total. The largest absolute Gasteiger partial charge is 0.504 e. The Kier molecular flexibility index (Phi) is 9.16. The van der Waals surface area contributed by atoms with Crippen molar-refractivity contribution >= 4 is 39.3 Å². The van der Waals surface area contributed by atoms with Crippen LogP contribution in [-0.4, -0.2) is 42.6 Å². The number of methoxy groups -OCH3 is 1. The van der Waals surface area contributed by atoms with E-state index in [1.807, 2.05) is 6.92 Å². The average molecular weight is 630 g/mol. The molecule has 0 bridgehead atoms. The second-order valence-corrected chi connectivity index (χ2v) is 10.5. The molecule has 40 heavy (non-hydrogen) atoms. The number of rotatable bonds is 10. The summed E-state index contributed by atoms with van der Waals surface area (Å²) in [4.78, 5) is 32.2. The van der Waals surface area contributed by atoms with E-state index in [1.54, 1.807) is 50.3 Å². The van der Waals surface area contributed by atoms with Gasteiger partial charge in [-0.2, -0.15) is 0 Å². The maximum Gasteiger partial charge on any atom is 0.338 e. The second-order valence-electron chi connectivity index (χ2n) is 8.59. The molecule has 2 heterocycles. The SMILES string of the molecule is C=CCOc1ccc(C2C(C(=O)OCC)=C(C)N=c3s/c(=C\c4cc(OC)c(O)cc4Br)c(=O)n32)cc1OCC. The van der Waals surface area contributed by atoms with Gasteiger partial charge in [-0.05, 0) is 62.2 Å². The minimum Gasteiger partial charge on any atom is -0.504 e. The molecule has 0 saturated heterocycles. The number of halogens is 1. The lowest BCUT2D eigenvalue weighted by atomic mass is 9.95. The molecule has 1 aliphatic heterocycles. The highest BCUT2D eigenvalue weighted by molar-refractivity contribution is 9.10. The van der Waals surface area contributed by atoms with E-state index in [0.29, 0.717) is 55.3 Å². The second kappa shape index (κ2) is 12.6. The third-order valence-corrected chi connectivity index (χ3v) is 7.71. The van der Waals surface area contributed by atoms with Crippen LogP contribution >= 0.6 is 27.3 Å². The molecule has 1 aromatic heterocycles. The van der Waals surface area contributed by atoms with Crippen LogP contribution in [0.25, 0.3) is 6.08 Å². The summed E-state index contributed by atoms with van der Waals surface area (Å²) in [6.45, 7) is 9.84. The highest BCUT2D eigenvalue weighted by Crippen LogP contribution is 2.37. The van der Waals surface area contributed by atoms with Crippen molar-refractivity contribution in [2.24, 2.45) is 4.99 Å². The zero-order chi connectivity index (χ0) is 29.0. The van der Waals surface area contributed by atoms with Crippen molar-refractivity contribution in [3.63, 3.8) is 0 Å². The summed E-state index contributed by atoms with van der Waals surface area (Å²) in [5.41, 5.74) is 1.63. The minimum absolute atomic E-state index is 0.0340. The molecule has 0 saturated carbocycles. The molecule has 0 fully saturated rings. The van der Waals surface area contributed by atoms with Crippen LogP contribution in [0.1, 0.15) is 37.9 Å². The predicted molar refractivity (Wildman–Crippen MR) is 156 cm³/mol. The van der Waals surface area contributed by atoms with Crippen molar-refractivity contribution in [1.82, 2.24) is 4.57 Å². The zero-order valence-electron chi connectivity index (χ0n) is 22.5. The number of carbonyl (C=O) groups excluding carboxylic acids is 1. The van der Waals surface area contributed by atoms with Gasteiger partial charge in [0, 0.05) is 4.47 Å². The predicted octanol–water partition coefficient (Wildman–Crippen LogP) is 4.24. The van der Waals surface area contributed by atoms with Crippen LogP contribution in [-0.2, 0) is 9.53 Å². The number of hydrogen-bond acceptors (Lipinski definition) is 9. The summed E-state index contributed by atoms with van der Waals surface area (Å²) in [5.74, 6) is 0.666. The molecule has 11 heteroatoms. The molecular formula is C29H29BrN2O7S. The van der Waals surface area contributed by atoms with Gasteiger partial charge in [0.1, 0.15) is 6.61 Å². The van der Waals surface area contributed by atoms with Crippen LogP contribution in [0.2, 0.25) is 0 Å². The fraction of sp³-hybridized carbons (Fsp3) is 0.276. The van der Waals surface area contributed by atoms with Crippen LogP contribution < -0.4 is 29.1 Å². The number of aromatic nitrogens is 1. The number of hydrogen-bond donors (Lipinski definition) is 1. The number of allylic oxidation sites excluding steroid dienone is 1. The normalized spacial score (nSPS) is 14.8. The Bertz CT molecular complexity index is 1670. The van der Waals surface area contributed by atoms with Crippen molar-refractivity contribution in [2.75, 3.05) is 26.9 Å². The summed E-state index contributed by atoms with van der Waals surface area (Å²) in [5, 5.41) is 10.1. The Morgan fingerprint density at radius 2 is 1.95 bits per heavy atom. The number of benzene rings is 2. The molecule has 210 valence electrons. The fourth-order valence-electron chi connectivity index (χ4n) is 4.31. The summed E-state index contributed by atoms with van der Waals surface area (Å²) in [7, 11) is 1.45. The third kappa shape index (κ3) is 5.71. The monoisotopic (exact) mass is 628 g/mol. The van der Waals surface area contributed by atoms with Crippen LogP contribution in [0.3, 0.4) is 0 Å². The molecule has 0 spiro atoms. The summed E-state index contributed by atoms with van der Waals surface area (Å²) in [6, 6.07) is 7.62. The molecule has 0 amide bonds. The molecule has 2 aromatic carbocycles. The number of carbonyl (C=O) groups is 1. The first kappa shape index (κ1) is 29.2. The van der Waals surface area contributed by atoms with Crippen molar-refractivity contribution in [2.45, 2.75) is 26.8 Å². The zero-order valence-corrected chi connectivity index (χ0v) is 24.9. The van der Waals surface area contributed by atoms with Gasteiger partial charge in [-0.25, -0.2) is 9.79 Å². The van der Waals surface area contributed by atoms with Crippen LogP contribution in [0.4, 0.5) is 0 Å². The van der Waals surface area contributed by atoms with Gasteiger partial charge < -0.3 is 24.1 Å². The van der Waals surface area contributed by atoms with Crippen LogP contribution in [0.15, 0.2) is 68.5 Å². The van der Waals surface area contributed by atoms with Gasteiger partial charge in [0.05, 0.1) is 42.2 Å². The molecule has 1 unspecified atom stereocenters. The number of aromatic hydroxyl groups is 1. The number of esters is 1. The highest BCUT2D eigenvalue weighted by atomic mass is 79.9. The first-order valence-electron chi connectivity index (χ1n) is 12.5. The van der Waals surface area contributed by atoms with E-state index in [2.05, 4.69) is 27.5 Å². The molecule has 0 aliphatic carbocycles. The number of phenols is 1. The van der Waals surface area contributed by atoms with E-state index in [1.165, 1.54) is 29.1 Å². The van der Waals surface area contributed by atoms with Crippen LogP contribution in [0.5, 0.6) is 23.0 Å². The van der Waals surface area contributed by atoms with Crippen molar-refractivity contribution in [1.29, 1.82) is 0 Å². The lowest BCUT2D eigenvalue weighted by Crippen LogP contribution is -2.40. The minimum atomic E-state index is -0.817. The van der Waals surface area contributed by atoms with Crippen molar-refractivity contribution in [3.8, 4) is 23.0 Å². The molecule has 1 aliphatic rings. The van der Waals surface area contributed by atoms with Gasteiger partial charge in [0.25, 0.3) is 5.56 Å². The molecule has 0 radical (unpaired) electrons. The first-order chi connectivity index (χ1) is 19.2. The number of nitrogens with zero attached hydrogens (tertiary/aromatic N) is 2. The van der Waals surface area contributed by atoms with E-state index >= 15 is 0 Å². The van der Waals surface area contributed by atoms with E-state index in [0.717, 1.165) is 0 Å². The Labute approximate surface area is 243 Å². The number of ether oxygens (including phenoxy) is 4. The molecule has 3 aromatic rings. The molecule has 4 rings (SSSR count). The summed E-state index contributed by atoms with van der Waals surface area (Å²) < 4.78 is 24.7. The summed E-state index contributed by atoms with van der Waals surface area (Å²) >= 11 is 4.63. The van der Waals surface area contributed by atoms with Crippen LogP contribution in [0, 0.1) is 0 Å². The van der Waals surface area contributed by atoms with E-state index in [9.17, 15) is 14.7 Å². The topological polar surface area (TPSA) is 109 Å². The van der Waals surface area contributed by atoms with Gasteiger partial charge in [-0.15, -0.1) is 0 Å². The summed E-state index contributed by atoms with van der Waals surface area (Å²) in [6.07, 6.45) is 3.32. The third-order valence-electron chi connectivity index (χ3n) is 6.04. The smallest absolute Gasteiger partial charge is 0.338 e. The quantitative estimate of drug-likeness (QED) is 0.264. The van der Waals surface area contributed by atoms with Gasteiger partial charge >= 0.3 is 5.97 Å².